The van der Waals surface area contributed by atoms with E-state index in [1.807, 2.05) is 30.3 Å². The third kappa shape index (κ3) is 4.29. The summed E-state index contributed by atoms with van der Waals surface area (Å²) >= 11 is 0. The van der Waals surface area contributed by atoms with E-state index in [2.05, 4.69) is 9.71 Å². The lowest BCUT2D eigenvalue weighted by atomic mass is 10.1. The van der Waals surface area contributed by atoms with Crippen LogP contribution in [0.4, 0.5) is 0 Å². The van der Waals surface area contributed by atoms with E-state index in [4.69, 9.17) is 4.42 Å². The largest absolute Gasteiger partial charge is 0.480 e. The number of nitrogens with zero attached hydrogens (tertiary/aromatic N) is 1. The van der Waals surface area contributed by atoms with Crippen LogP contribution < -0.4 is 4.72 Å². The van der Waals surface area contributed by atoms with Crippen molar-refractivity contribution in [2.45, 2.75) is 24.8 Å². The minimum atomic E-state index is -3.97. The Morgan fingerprint density at radius 1 is 1.04 bits per heavy atom. The van der Waals surface area contributed by atoms with Crippen LogP contribution in [0.2, 0.25) is 0 Å². The first-order valence-corrected chi connectivity index (χ1v) is 10.1. The normalized spacial score (nSPS) is 12.8. The summed E-state index contributed by atoms with van der Waals surface area (Å²) in [5.41, 5.74) is 1.50. The molecule has 0 saturated heterocycles. The van der Waals surface area contributed by atoms with Gasteiger partial charge in [0.05, 0.1) is 11.1 Å². The number of carboxylic acid groups (broad SMARTS) is 1. The third-order valence-corrected chi connectivity index (χ3v) is 5.65. The number of rotatable bonds is 7. The standard InChI is InChI=1S/C20H20N2O5S/c1-13(2)18(20(23)24)22-28(25,26)16-10-8-15(9-11-16)19-21-12-17(27-19)14-6-4-3-5-7-14/h3-13,18,22H,1-2H3,(H,23,24). The van der Waals surface area contributed by atoms with Gasteiger partial charge in [0.2, 0.25) is 15.9 Å². The number of carbonyl (C=O) groups is 1. The Morgan fingerprint density at radius 2 is 1.68 bits per heavy atom. The molecule has 8 heteroatoms. The van der Waals surface area contributed by atoms with Crippen LogP contribution in [0.3, 0.4) is 0 Å². The molecule has 3 aromatic rings. The van der Waals surface area contributed by atoms with E-state index in [0.29, 0.717) is 17.2 Å². The predicted molar refractivity (Wildman–Crippen MR) is 104 cm³/mol. The molecule has 0 aliphatic carbocycles. The highest BCUT2D eigenvalue weighted by molar-refractivity contribution is 7.89. The topological polar surface area (TPSA) is 110 Å². The fraction of sp³-hybridized carbons (Fsp3) is 0.200. The predicted octanol–water partition coefficient (Wildman–Crippen LogP) is 3.40. The van der Waals surface area contributed by atoms with Crippen molar-refractivity contribution in [3.05, 3.63) is 60.8 Å². The van der Waals surface area contributed by atoms with Crippen molar-refractivity contribution < 1.29 is 22.7 Å². The molecule has 2 N–H and O–H groups in total. The molecular weight excluding hydrogens is 380 g/mol. The second-order valence-corrected chi connectivity index (χ2v) is 8.32. The summed E-state index contributed by atoms with van der Waals surface area (Å²) in [4.78, 5) is 15.5. The Labute approximate surface area is 163 Å². The molecule has 28 heavy (non-hydrogen) atoms. The van der Waals surface area contributed by atoms with E-state index in [1.54, 1.807) is 32.2 Å². The lowest BCUT2D eigenvalue weighted by Gasteiger charge is -2.18. The molecule has 1 heterocycles. The molecule has 0 fully saturated rings. The molecule has 1 aromatic heterocycles. The highest BCUT2D eigenvalue weighted by Gasteiger charge is 2.28. The van der Waals surface area contributed by atoms with Crippen LogP contribution in [-0.2, 0) is 14.8 Å². The SMILES string of the molecule is CC(C)C(NS(=O)(=O)c1ccc(-c2ncc(-c3ccccc3)o2)cc1)C(=O)O. The van der Waals surface area contributed by atoms with Crippen molar-refractivity contribution in [2.24, 2.45) is 5.92 Å². The quantitative estimate of drug-likeness (QED) is 0.629. The number of aliphatic carboxylic acids is 1. The van der Waals surface area contributed by atoms with Gasteiger partial charge in [0.15, 0.2) is 5.76 Å². The van der Waals surface area contributed by atoms with Crippen LogP contribution in [0.5, 0.6) is 0 Å². The van der Waals surface area contributed by atoms with Crippen molar-refractivity contribution in [2.75, 3.05) is 0 Å². The zero-order chi connectivity index (χ0) is 20.3. The van der Waals surface area contributed by atoms with E-state index in [-0.39, 0.29) is 4.90 Å². The fourth-order valence-corrected chi connectivity index (χ4v) is 3.96. The molecule has 0 amide bonds. The number of nitrogens with one attached hydrogen (secondary N) is 1. The van der Waals surface area contributed by atoms with Gasteiger partial charge >= 0.3 is 5.97 Å². The highest BCUT2D eigenvalue weighted by Crippen LogP contribution is 2.26. The van der Waals surface area contributed by atoms with Gasteiger partial charge in [-0.25, -0.2) is 13.4 Å². The minimum Gasteiger partial charge on any atom is -0.480 e. The summed E-state index contributed by atoms with van der Waals surface area (Å²) in [6.45, 7) is 3.27. The molecule has 146 valence electrons. The molecule has 0 radical (unpaired) electrons. The zero-order valence-electron chi connectivity index (χ0n) is 15.4. The van der Waals surface area contributed by atoms with Crippen LogP contribution >= 0.6 is 0 Å². The molecule has 2 aromatic carbocycles. The molecule has 0 aliphatic heterocycles. The molecule has 0 aliphatic rings. The minimum absolute atomic E-state index is 0.0296. The van der Waals surface area contributed by atoms with Gasteiger partial charge in [-0.15, -0.1) is 0 Å². The monoisotopic (exact) mass is 400 g/mol. The van der Waals surface area contributed by atoms with Crippen LogP contribution in [0.15, 0.2) is 70.1 Å². The van der Waals surface area contributed by atoms with Crippen LogP contribution in [-0.4, -0.2) is 30.5 Å². The third-order valence-electron chi connectivity index (χ3n) is 4.19. The Hall–Kier alpha value is -2.97. The fourth-order valence-electron chi connectivity index (χ4n) is 2.63. The maximum atomic E-state index is 12.5. The van der Waals surface area contributed by atoms with Gasteiger partial charge < -0.3 is 9.52 Å². The smallest absolute Gasteiger partial charge is 0.322 e. The highest BCUT2D eigenvalue weighted by atomic mass is 32.2. The van der Waals surface area contributed by atoms with E-state index >= 15 is 0 Å². The Bertz CT molecular complexity index is 1060. The lowest BCUT2D eigenvalue weighted by Crippen LogP contribution is -2.44. The molecule has 1 atom stereocenters. The van der Waals surface area contributed by atoms with Gasteiger partial charge in [0.25, 0.3) is 0 Å². The van der Waals surface area contributed by atoms with Gasteiger partial charge in [-0.2, -0.15) is 4.72 Å². The van der Waals surface area contributed by atoms with Crippen molar-refractivity contribution in [3.63, 3.8) is 0 Å². The van der Waals surface area contributed by atoms with Crippen molar-refractivity contribution in [1.29, 1.82) is 0 Å². The Kier molecular flexibility index (Phi) is 5.62. The van der Waals surface area contributed by atoms with Crippen molar-refractivity contribution >= 4 is 16.0 Å². The number of hydrogen-bond donors (Lipinski definition) is 2. The number of oxazole rings is 1. The summed E-state index contributed by atoms with van der Waals surface area (Å²) in [6.07, 6.45) is 1.61. The Morgan fingerprint density at radius 3 is 2.25 bits per heavy atom. The molecule has 1 unspecified atom stereocenters. The van der Waals surface area contributed by atoms with Crippen molar-refractivity contribution in [3.8, 4) is 22.8 Å². The number of carboxylic acids is 1. The average molecular weight is 400 g/mol. The summed E-state index contributed by atoms with van der Waals surface area (Å²) < 4.78 is 32.9. The zero-order valence-corrected chi connectivity index (χ0v) is 16.2. The number of hydrogen-bond acceptors (Lipinski definition) is 5. The summed E-state index contributed by atoms with van der Waals surface area (Å²) in [6, 6.07) is 14.2. The van der Waals surface area contributed by atoms with Gasteiger partial charge in [-0.3, -0.25) is 4.79 Å². The first kappa shape index (κ1) is 19.8. The summed E-state index contributed by atoms with van der Waals surface area (Å²) in [7, 11) is -3.97. The van der Waals surface area contributed by atoms with Crippen molar-refractivity contribution in [1.82, 2.24) is 9.71 Å². The van der Waals surface area contributed by atoms with E-state index in [1.165, 1.54) is 12.1 Å². The average Bonchev–Trinajstić information content (AvgIpc) is 3.17. The van der Waals surface area contributed by atoms with Gasteiger partial charge in [0.1, 0.15) is 6.04 Å². The number of sulfonamides is 1. The van der Waals surface area contributed by atoms with Gasteiger partial charge in [-0.05, 0) is 30.2 Å². The molecule has 7 nitrogen and oxygen atoms in total. The second-order valence-electron chi connectivity index (χ2n) is 6.60. The first-order chi connectivity index (χ1) is 13.3. The maximum absolute atomic E-state index is 12.5. The summed E-state index contributed by atoms with van der Waals surface area (Å²) in [5, 5.41) is 9.20. The summed E-state index contributed by atoms with van der Waals surface area (Å²) in [5.74, 6) is -0.643. The molecule has 0 spiro atoms. The number of aromatic nitrogens is 1. The molecule has 3 rings (SSSR count). The maximum Gasteiger partial charge on any atom is 0.322 e. The molecule has 0 saturated carbocycles. The van der Waals surface area contributed by atoms with Crippen LogP contribution in [0, 0.1) is 5.92 Å². The van der Waals surface area contributed by atoms with Gasteiger partial charge in [0, 0.05) is 11.1 Å². The van der Waals surface area contributed by atoms with E-state index in [0.717, 1.165) is 5.56 Å². The van der Waals surface area contributed by atoms with E-state index in [9.17, 15) is 18.3 Å². The van der Waals surface area contributed by atoms with Crippen LogP contribution in [0.25, 0.3) is 22.8 Å². The number of benzene rings is 2. The van der Waals surface area contributed by atoms with Crippen LogP contribution in [0.1, 0.15) is 13.8 Å². The first-order valence-electron chi connectivity index (χ1n) is 8.65. The van der Waals surface area contributed by atoms with Gasteiger partial charge in [-0.1, -0.05) is 44.2 Å². The van der Waals surface area contributed by atoms with E-state index < -0.39 is 28.0 Å². The molecular formula is C20H20N2O5S. The molecule has 0 bridgehead atoms. The Balaban J connectivity index is 1.82. The lowest BCUT2D eigenvalue weighted by molar-refractivity contribution is -0.140. The second kappa shape index (κ2) is 7.95.